The molecule has 16 aromatic rings. The highest BCUT2D eigenvalue weighted by Crippen LogP contribution is 2.49. The van der Waals surface area contributed by atoms with Crippen molar-refractivity contribution in [1.29, 1.82) is 0 Å². The van der Waals surface area contributed by atoms with Crippen LogP contribution in [0, 0.1) is 23.3 Å². The lowest BCUT2D eigenvalue weighted by atomic mass is 10.1. The number of thiophene rings is 1. The number of ether oxygens (including phenoxy) is 8. The fourth-order valence-electron chi connectivity index (χ4n) is 14.2. The number of nitrogens with one attached hydrogen (secondary N) is 4. The van der Waals surface area contributed by atoms with Crippen LogP contribution in [0.3, 0.4) is 0 Å². The second kappa shape index (κ2) is 47.9. The average molecular weight is 2170 g/mol. The van der Waals surface area contributed by atoms with E-state index in [9.17, 15) is 56.9 Å². The van der Waals surface area contributed by atoms with Gasteiger partial charge < -0.3 is 83.3 Å². The number of hydrogen-bond acceptors (Lipinski definition) is 31. The smallest absolute Gasteiger partial charge is 0.269 e. The Balaban J connectivity index is 0.000000161. The number of methoxy groups -OCH3 is 8. The summed E-state index contributed by atoms with van der Waals surface area (Å²) < 4.78 is 119. The Morgan fingerprint density at radius 3 is 1.11 bits per heavy atom. The Hall–Kier alpha value is -14.1. The summed E-state index contributed by atoms with van der Waals surface area (Å²) in [6.45, 7) is 0. The Kier molecular flexibility index (Phi) is 35.7. The zero-order valence-electron chi connectivity index (χ0n) is 77.0. The number of benzene rings is 4. The number of amides is 4. The van der Waals surface area contributed by atoms with Crippen LogP contribution in [0.4, 0.5) is 40.3 Å². The van der Waals surface area contributed by atoms with Gasteiger partial charge in [0.25, 0.3) is 11.7 Å². The van der Waals surface area contributed by atoms with Crippen molar-refractivity contribution in [3.05, 3.63) is 283 Å². The number of anilines is 4. The highest BCUT2D eigenvalue weighted by atomic mass is 35.5. The molecule has 0 saturated carbocycles. The van der Waals surface area contributed by atoms with Gasteiger partial charge in [-0.1, -0.05) is 92.8 Å². The fraction of sp³-hybridized carbons (Fsp3) is 0.204. The van der Waals surface area contributed by atoms with Gasteiger partial charge in [-0.25, -0.2) is 32.5 Å². The highest BCUT2D eigenvalue weighted by Gasteiger charge is 2.35. The molecule has 750 valence electrons. The van der Waals surface area contributed by atoms with Crippen LogP contribution in [0.25, 0.3) is 42.5 Å². The maximum atomic E-state index is 14.9. The molecule has 0 aliphatic heterocycles. The number of thiazole rings is 1. The summed E-state index contributed by atoms with van der Waals surface area (Å²) in [6, 6.07) is 13.8. The van der Waals surface area contributed by atoms with Gasteiger partial charge in [0.2, 0.25) is 29.5 Å². The molecule has 37 nitrogen and oxygen atoms in total. The molecule has 0 saturated heterocycles. The van der Waals surface area contributed by atoms with Crippen LogP contribution in [0.15, 0.2) is 159 Å². The minimum Gasteiger partial charge on any atom is -0.495 e. The predicted octanol–water partition coefficient (Wildman–Crippen LogP) is 18.2. The van der Waals surface area contributed by atoms with Crippen LogP contribution >= 0.6 is 115 Å². The van der Waals surface area contributed by atoms with Crippen molar-refractivity contribution in [2.75, 3.05) is 78.1 Å². The molecule has 12 heterocycles. The van der Waals surface area contributed by atoms with Crippen molar-refractivity contribution in [2.45, 2.75) is 44.0 Å². The minimum absolute atomic E-state index is 0.0401. The molecule has 3 atom stereocenters. The van der Waals surface area contributed by atoms with Crippen LogP contribution in [0.1, 0.15) is 113 Å². The van der Waals surface area contributed by atoms with Gasteiger partial charge in [-0.3, -0.25) is 62.6 Å². The molecular weight excluding hydrogens is 2090 g/mol. The number of nitrogens with zero attached hydrogens (tertiary/aromatic N) is 15. The van der Waals surface area contributed by atoms with E-state index in [-0.39, 0.29) is 107 Å². The van der Waals surface area contributed by atoms with Crippen LogP contribution in [0.2, 0.25) is 20.1 Å². The van der Waals surface area contributed by atoms with Crippen molar-refractivity contribution in [2.24, 2.45) is 28.2 Å². The summed E-state index contributed by atoms with van der Waals surface area (Å²) in [5, 5.41) is 63.0. The standard InChI is InChI=1S/C24H21Cl3N4O4S.C23H20Cl3N5O5.C23H18ClF2N5O5.C23H20ClF2N5O4S/c1-31-11-15(29-20(32)4-5-25)14(30-31)8-13-6-12-7-18(36-19(12)10-28-13)24(33)21-22(26)16(34-2)9-17(35-3)23(21)27;3*1-31-10-14(28-18(32)4-5-24)12(30-31)6-11-7-13-17(9-27-11)36-23(29-13)22(33)19-20(25)15(34-2)8-16(35-3)21(19)26/h4-7,9-11,24,33H,8H2,1-3H3,(H,29,32);4-5,7-10,22,33H,6H2,1-3H3,(H,28,32);4-5,7-10H,6H2,1-3H3,(H,28,32);4-5,7-10,22,33H,6H2,1-3H3,(H,28,32). The van der Waals surface area contributed by atoms with Gasteiger partial charge in [-0.15, -0.1) is 22.7 Å². The largest absolute Gasteiger partial charge is 0.495 e. The average Bonchev–Trinajstić information content (AvgIpc) is 1.76. The topological polar surface area (TPSA) is 456 Å². The normalized spacial score (nSPS) is 12.0. The molecule has 0 radical (unpaired) electrons. The van der Waals surface area contributed by atoms with E-state index in [1.807, 2.05) is 12.1 Å². The number of aliphatic hydroxyl groups is 3. The number of carbonyl (C=O) groups excluding carboxylic acids is 5. The van der Waals surface area contributed by atoms with E-state index in [4.69, 9.17) is 140 Å². The predicted molar refractivity (Wildman–Crippen MR) is 533 cm³/mol. The second-order valence-corrected chi connectivity index (χ2v) is 34.9. The van der Waals surface area contributed by atoms with Crippen LogP contribution < -0.4 is 59.2 Å². The third-order valence-electron chi connectivity index (χ3n) is 20.8. The summed E-state index contributed by atoms with van der Waals surface area (Å²) in [5.74, 6) is -7.89. The number of oxazole rings is 2. The molecule has 0 aliphatic carbocycles. The monoisotopic (exact) mass is 2170 g/mol. The first kappa shape index (κ1) is 107. The summed E-state index contributed by atoms with van der Waals surface area (Å²) in [6.07, 6.45) is 14.4. The summed E-state index contributed by atoms with van der Waals surface area (Å²) in [4.78, 5) is 91.6. The van der Waals surface area contributed by atoms with Gasteiger partial charge in [0, 0.05) is 201 Å². The molecule has 4 aromatic carbocycles. The molecular formula is C93H79Cl8F4N19O18S2. The maximum absolute atomic E-state index is 14.9. The molecule has 3 unspecified atom stereocenters. The van der Waals surface area contributed by atoms with Crippen LogP contribution in [-0.4, -0.2) is 176 Å². The van der Waals surface area contributed by atoms with Gasteiger partial charge >= 0.3 is 0 Å². The Morgan fingerprint density at radius 1 is 0.396 bits per heavy atom. The maximum Gasteiger partial charge on any atom is 0.269 e. The second-order valence-electron chi connectivity index (χ2n) is 30.2. The van der Waals surface area contributed by atoms with Gasteiger partial charge in [0.15, 0.2) is 63.5 Å². The first-order valence-electron chi connectivity index (χ1n) is 41.6. The number of hydrogen-bond donors (Lipinski definition) is 7. The van der Waals surface area contributed by atoms with E-state index in [0.717, 1.165) is 67.5 Å². The summed E-state index contributed by atoms with van der Waals surface area (Å²) >= 11 is 50.1. The van der Waals surface area contributed by atoms with Crippen molar-refractivity contribution in [3.8, 4) is 46.0 Å². The first-order valence-corrected chi connectivity index (χ1v) is 46.4. The lowest BCUT2D eigenvalue weighted by Gasteiger charge is -2.17. The van der Waals surface area contributed by atoms with Gasteiger partial charge in [0.05, 0.1) is 155 Å². The number of carbonyl (C=O) groups is 5. The molecule has 0 bridgehead atoms. The van der Waals surface area contributed by atoms with Crippen LogP contribution in [0.5, 0.6) is 46.0 Å². The molecule has 16 rings (SSSR count). The number of halogens is 12. The minimum atomic E-state index is -1.71. The molecule has 7 N–H and O–H groups in total. The molecule has 0 fully saturated rings. The Morgan fingerprint density at radius 2 is 0.729 bits per heavy atom. The van der Waals surface area contributed by atoms with Crippen molar-refractivity contribution in [3.63, 3.8) is 0 Å². The van der Waals surface area contributed by atoms with E-state index < -0.39 is 76.2 Å². The molecule has 144 heavy (non-hydrogen) atoms. The van der Waals surface area contributed by atoms with Crippen LogP contribution in [-0.2, 0) is 73.1 Å². The highest BCUT2D eigenvalue weighted by molar-refractivity contribution is 7.19. The van der Waals surface area contributed by atoms with Crippen molar-refractivity contribution < 1.29 is 104 Å². The lowest BCUT2D eigenvalue weighted by Crippen LogP contribution is -2.10. The fourth-order valence-corrected chi connectivity index (χ4v) is 18.0. The summed E-state index contributed by atoms with van der Waals surface area (Å²) in [7, 11) is 17.5. The van der Waals surface area contributed by atoms with Gasteiger partial charge in [0.1, 0.15) is 56.8 Å². The molecule has 4 amide bonds. The quantitative estimate of drug-likeness (QED) is 0.0117. The number of rotatable bonds is 32. The van der Waals surface area contributed by atoms with E-state index in [0.29, 0.717) is 119 Å². The van der Waals surface area contributed by atoms with Crippen molar-refractivity contribution >= 4 is 210 Å². The molecule has 51 heteroatoms. The van der Waals surface area contributed by atoms with Gasteiger partial charge in [-0.2, -0.15) is 20.4 Å². The number of aryl methyl sites for hydroxylation is 4. The SMILES string of the molecule is COc1cc(OC)c(Cl)c(C(O)c2cc3cc(Cc4nn(C)cc4NC(=O)C=CCl)ncc3s2)c1Cl.COc1cc(OC)c(Cl)c(C(O)c2nc3cc(Cc4nn(C)cc4NC(=O)C=CCl)ncc3o2)c1Cl.COc1cc(OC)c(F)c(C(=O)c2nc3cc(Cc4nn(C)cc4NC(=O)C=CCl)ncc3o2)c1F.COc1cc(OC)c(F)c(C(O)c2nc3cc(Cc4nn(C)cc4NC(=O)C=CCl)ncc3s2)c1F. The number of aromatic nitrogens is 15. The van der Waals surface area contributed by atoms with E-state index in [1.54, 1.807) is 97.6 Å². The zero-order valence-corrected chi connectivity index (χ0v) is 84.7. The number of aliphatic hydroxyl groups excluding tert-OH is 3. The van der Waals surface area contributed by atoms with E-state index in [2.05, 4.69) is 76.5 Å². The zero-order chi connectivity index (χ0) is 104. The third kappa shape index (κ3) is 24.5. The third-order valence-corrected chi connectivity index (χ3v) is 25.0. The molecule has 0 aliphatic rings. The number of pyridine rings is 4. The van der Waals surface area contributed by atoms with Crippen molar-refractivity contribution in [1.82, 2.24) is 74.0 Å². The molecule has 12 aromatic heterocycles. The Labute approximate surface area is 861 Å². The number of ketones is 1. The lowest BCUT2D eigenvalue weighted by molar-refractivity contribution is -0.112. The molecule has 0 spiro atoms. The van der Waals surface area contributed by atoms with Gasteiger partial charge in [-0.05, 0) is 35.7 Å². The van der Waals surface area contributed by atoms with E-state index in [1.165, 1.54) is 116 Å². The number of fused-ring (bicyclic) bond motifs is 4. The Bertz CT molecular complexity index is 7060. The first-order chi connectivity index (χ1) is 69.0. The van der Waals surface area contributed by atoms with E-state index >= 15 is 0 Å². The summed E-state index contributed by atoms with van der Waals surface area (Å²) in [5.41, 5.74) is 11.7.